The monoisotopic (exact) mass is 368 g/mol. The van der Waals surface area contributed by atoms with Crippen molar-refractivity contribution >= 4 is 33.1 Å². The van der Waals surface area contributed by atoms with Gasteiger partial charge in [-0.15, -0.1) is 11.3 Å². The Morgan fingerprint density at radius 3 is 2.77 bits per heavy atom. The Kier molecular flexibility index (Phi) is 4.07. The molecular formula is C20H20N2O3S. The summed E-state index contributed by atoms with van der Waals surface area (Å²) in [6.45, 7) is 4.16. The van der Waals surface area contributed by atoms with E-state index >= 15 is 0 Å². The first-order chi connectivity index (χ1) is 12.4. The lowest BCUT2D eigenvalue weighted by molar-refractivity contribution is 0.102. The molecule has 2 aromatic heterocycles. The molecule has 0 spiro atoms. The van der Waals surface area contributed by atoms with Crippen molar-refractivity contribution in [2.24, 2.45) is 5.92 Å². The van der Waals surface area contributed by atoms with Crippen LogP contribution in [0.3, 0.4) is 0 Å². The predicted molar refractivity (Wildman–Crippen MR) is 104 cm³/mol. The third kappa shape index (κ3) is 2.80. The van der Waals surface area contributed by atoms with Crippen LogP contribution < -0.4 is 10.9 Å². The van der Waals surface area contributed by atoms with Crippen molar-refractivity contribution in [2.45, 2.75) is 33.1 Å². The second-order valence-corrected chi connectivity index (χ2v) is 8.16. The van der Waals surface area contributed by atoms with Crippen molar-refractivity contribution in [3.63, 3.8) is 0 Å². The Hall–Kier alpha value is -2.60. The van der Waals surface area contributed by atoms with Gasteiger partial charge in [0.15, 0.2) is 0 Å². The van der Waals surface area contributed by atoms with Gasteiger partial charge < -0.3 is 15.4 Å². The highest BCUT2D eigenvalue weighted by atomic mass is 32.1. The summed E-state index contributed by atoms with van der Waals surface area (Å²) in [5.41, 5.74) is 1.94. The molecule has 3 N–H and O–H groups in total. The fourth-order valence-electron chi connectivity index (χ4n) is 3.53. The number of carbonyl (C=O) groups excluding carboxylic acids is 1. The molecular weight excluding hydrogens is 348 g/mol. The minimum absolute atomic E-state index is 0.208. The smallest absolute Gasteiger partial charge is 0.265 e. The Morgan fingerprint density at radius 1 is 1.31 bits per heavy atom. The van der Waals surface area contributed by atoms with Crippen molar-refractivity contribution in [3.05, 3.63) is 56.2 Å². The molecule has 0 bridgehead atoms. The lowest BCUT2D eigenvalue weighted by atomic mass is 9.89. The van der Waals surface area contributed by atoms with Crippen LogP contribution in [-0.4, -0.2) is 16.0 Å². The summed E-state index contributed by atoms with van der Waals surface area (Å²) in [5, 5.41) is 14.1. The van der Waals surface area contributed by atoms with Crippen LogP contribution in [0, 0.1) is 12.8 Å². The summed E-state index contributed by atoms with van der Waals surface area (Å²) >= 11 is 1.51. The number of aromatic nitrogens is 1. The molecule has 1 unspecified atom stereocenters. The summed E-state index contributed by atoms with van der Waals surface area (Å²) in [7, 11) is 0. The summed E-state index contributed by atoms with van der Waals surface area (Å²) < 4.78 is 0. The molecule has 134 valence electrons. The van der Waals surface area contributed by atoms with Crippen LogP contribution in [-0.2, 0) is 12.8 Å². The van der Waals surface area contributed by atoms with Gasteiger partial charge in [0.1, 0.15) is 16.1 Å². The second-order valence-electron chi connectivity index (χ2n) is 7.05. The summed E-state index contributed by atoms with van der Waals surface area (Å²) in [6.07, 6.45) is 2.85. The average molecular weight is 368 g/mol. The number of hydrogen-bond donors (Lipinski definition) is 3. The molecule has 0 saturated carbocycles. The van der Waals surface area contributed by atoms with Gasteiger partial charge in [0.05, 0.1) is 5.39 Å². The Morgan fingerprint density at radius 2 is 2.04 bits per heavy atom. The van der Waals surface area contributed by atoms with Gasteiger partial charge >= 0.3 is 0 Å². The molecule has 1 aliphatic rings. The van der Waals surface area contributed by atoms with Crippen LogP contribution in [0.5, 0.6) is 5.75 Å². The molecule has 1 aromatic carbocycles. The lowest BCUT2D eigenvalue weighted by Gasteiger charge is -2.18. The Balaban J connectivity index is 1.78. The van der Waals surface area contributed by atoms with Gasteiger partial charge in [-0.2, -0.15) is 0 Å². The van der Waals surface area contributed by atoms with Gasteiger partial charge in [-0.05, 0) is 49.8 Å². The largest absolute Gasteiger partial charge is 0.506 e. The van der Waals surface area contributed by atoms with Crippen molar-refractivity contribution in [2.75, 3.05) is 5.32 Å². The van der Waals surface area contributed by atoms with Crippen molar-refractivity contribution in [1.82, 2.24) is 4.98 Å². The maximum Gasteiger partial charge on any atom is 0.265 e. The van der Waals surface area contributed by atoms with Gasteiger partial charge in [-0.3, -0.25) is 9.59 Å². The summed E-state index contributed by atoms with van der Waals surface area (Å²) in [5.74, 6) is -0.215. The van der Waals surface area contributed by atoms with Crippen molar-refractivity contribution < 1.29 is 9.90 Å². The number of fused-ring (bicyclic) bond motifs is 3. The zero-order valence-corrected chi connectivity index (χ0v) is 15.5. The molecule has 0 saturated heterocycles. The fourth-order valence-corrected chi connectivity index (χ4v) is 4.94. The average Bonchev–Trinajstić information content (AvgIpc) is 2.94. The number of aromatic amines is 1. The quantitative estimate of drug-likeness (QED) is 0.640. The van der Waals surface area contributed by atoms with E-state index in [0.29, 0.717) is 21.8 Å². The molecule has 26 heavy (non-hydrogen) atoms. The number of rotatable bonds is 2. The second kappa shape index (κ2) is 6.29. The SMILES string of the molecule is Cc1ccc(NC(=O)c2c(O)c3c4c(sc3[nH]c2=O)CC(C)CC4)cc1. The topological polar surface area (TPSA) is 82.2 Å². The highest BCUT2D eigenvalue weighted by Crippen LogP contribution is 2.41. The first-order valence-corrected chi connectivity index (χ1v) is 9.53. The molecule has 4 rings (SSSR count). The number of nitrogens with one attached hydrogen (secondary N) is 2. The molecule has 6 heteroatoms. The standard InChI is InChI=1S/C20H20N2O3S/c1-10-3-6-12(7-4-10)21-18(24)16-17(23)15-13-8-5-11(2)9-14(13)26-20(15)22-19(16)25/h3-4,6-7,11H,5,8-9H2,1-2H3,(H,21,24)(H2,22,23,25). The molecule has 5 nitrogen and oxygen atoms in total. The number of aryl methyl sites for hydroxylation is 2. The third-order valence-electron chi connectivity index (χ3n) is 4.98. The zero-order valence-electron chi connectivity index (χ0n) is 14.7. The molecule has 1 aliphatic carbocycles. The van der Waals surface area contributed by atoms with E-state index in [-0.39, 0.29) is 11.3 Å². The van der Waals surface area contributed by atoms with Crippen LogP contribution in [0.15, 0.2) is 29.1 Å². The number of amides is 1. The molecule has 0 aliphatic heterocycles. The number of H-pyrrole nitrogens is 1. The molecule has 0 radical (unpaired) electrons. The minimum Gasteiger partial charge on any atom is -0.506 e. The first kappa shape index (κ1) is 16.8. The highest BCUT2D eigenvalue weighted by molar-refractivity contribution is 7.18. The van der Waals surface area contributed by atoms with Crippen molar-refractivity contribution in [3.8, 4) is 5.75 Å². The van der Waals surface area contributed by atoms with E-state index in [4.69, 9.17) is 0 Å². The van der Waals surface area contributed by atoms with Crippen LogP contribution >= 0.6 is 11.3 Å². The summed E-state index contributed by atoms with van der Waals surface area (Å²) in [4.78, 5) is 29.7. The van der Waals surface area contributed by atoms with E-state index in [0.717, 1.165) is 30.4 Å². The molecule has 1 amide bonds. The van der Waals surface area contributed by atoms with Gasteiger partial charge in [-0.1, -0.05) is 24.6 Å². The normalized spacial score (nSPS) is 16.5. The number of aromatic hydroxyl groups is 1. The molecule has 2 heterocycles. The predicted octanol–water partition coefficient (Wildman–Crippen LogP) is 3.98. The molecule has 3 aromatic rings. The third-order valence-corrected chi connectivity index (χ3v) is 6.15. The fraction of sp³-hybridized carbons (Fsp3) is 0.300. The first-order valence-electron chi connectivity index (χ1n) is 8.71. The summed E-state index contributed by atoms with van der Waals surface area (Å²) in [6, 6.07) is 7.29. The van der Waals surface area contributed by atoms with Crippen molar-refractivity contribution in [1.29, 1.82) is 0 Å². The maximum absolute atomic E-state index is 12.6. The van der Waals surface area contributed by atoms with E-state index < -0.39 is 11.5 Å². The number of anilines is 1. The zero-order chi connectivity index (χ0) is 18.4. The van der Waals surface area contributed by atoms with E-state index in [1.54, 1.807) is 12.1 Å². The van der Waals surface area contributed by atoms with Crippen LogP contribution in [0.1, 0.15) is 39.7 Å². The van der Waals surface area contributed by atoms with Gasteiger partial charge in [-0.25, -0.2) is 0 Å². The molecule has 1 atom stereocenters. The maximum atomic E-state index is 12.6. The Labute approximate surface area is 154 Å². The lowest BCUT2D eigenvalue weighted by Crippen LogP contribution is -2.23. The van der Waals surface area contributed by atoms with E-state index in [2.05, 4.69) is 17.2 Å². The Bertz CT molecular complexity index is 1060. The van der Waals surface area contributed by atoms with Gasteiger partial charge in [0.2, 0.25) is 0 Å². The minimum atomic E-state index is -0.598. The van der Waals surface area contributed by atoms with E-state index in [1.165, 1.54) is 16.2 Å². The molecule has 0 fully saturated rings. The van der Waals surface area contributed by atoms with Crippen LogP contribution in [0.25, 0.3) is 10.2 Å². The number of thiophene rings is 1. The number of pyridine rings is 1. The highest BCUT2D eigenvalue weighted by Gasteiger charge is 2.27. The van der Waals surface area contributed by atoms with Gasteiger partial charge in [0, 0.05) is 10.6 Å². The van der Waals surface area contributed by atoms with Crippen LogP contribution in [0.2, 0.25) is 0 Å². The number of benzene rings is 1. The van der Waals surface area contributed by atoms with E-state index in [9.17, 15) is 14.7 Å². The number of carbonyl (C=O) groups is 1. The van der Waals surface area contributed by atoms with E-state index in [1.807, 2.05) is 19.1 Å². The van der Waals surface area contributed by atoms with Gasteiger partial charge in [0.25, 0.3) is 11.5 Å². The van der Waals surface area contributed by atoms with Crippen LogP contribution in [0.4, 0.5) is 5.69 Å². The number of hydrogen-bond acceptors (Lipinski definition) is 4.